The molecule has 37 heavy (non-hydrogen) atoms. The molecule has 0 aliphatic heterocycles. The third-order valence-electron chi connectivity index (χ3n) is 5.07. The number of nitrogens with zero attached hydrogens (tertiary/aromatic N) is 1. The molecule has 3 aromatic carbocycles. The van der Waals surface area contributed by atoms with E-state index < -0.39 is 31.3 Å². The first-order chi connectivity index (χ1) is 17.4. The van der Waals surface area contributed by atoms with Gasteiger partial charge in [0.2, 0.25) is 10.0 Å². The van der Waals surface area contributed by atoms with Gasteiger partial charge in [-0.05, 0) is 42.8 Å². The largest absolute Gasteiger partial charge is 0.478 e. The highest BCUT2D eigenvalue weighted by molar-refractivity contribution is 7.92. The molecule has 0 bridgehead atoms. The van der Waals surface area contributed by atoms with Crippen molar-refractivity contribution < 1.29 is 26.7 Å². The molecule has 3 aromatic rings. The minimum Gasteiger partial charge on any atom is -0.478 e. The van der Waals surface area contributed by atoms with Crippen LogP contribution in [-0.4, -0.2) is 33.9 Å². The second kappa shape index (κ2) is 11.1. The maximum absolute atomic E-state index is 13.0. The number of guanidine groups is 1. The van der Waals surface area contributed by atoms with E-state index >= 15 is 0 Å². The molecule has 194 valence electrons. The van der Waals surface area contributed by atoms with Crippen LogP contribution in [0.4, 0.5) is 11.4 Å². The van der Waals surface area contributed by atoms with Gasteiger partial charge in [-0.1, -0.05) is 48.5 Å². The topological polar surface area (TPSA) is 194 Å². The molecule has 11 nitrogen and oxygen atoms in total. The lowest BCUT2D eigenvalue weighted by Crippen LogP contribution is -2.27. The maximum Gasteiger partial charge on any atom is 0.330 e. The van der Waals surface area contributed by atoms with Crippen molar-refractivity contribution in [3.63, 3.8) is 0 Å². The lowest BCUT2D eigenvalue weighted by molar-refractivity contribution is -0.131. The van der Waals surface area contributed by atoms with E-state index in [0.29, 0.717) is 11.6 Å². The van der Waals surface area contributed by atoms with Gasteiger partial charge in [-0.25, -0.2) is 26.6 Å². The average molecular weight is 544 g/mol. The zero-order chi connectivity index (χ0) is 27.2. The second-order valence-electron chi connectivity index (χ2n) is 7.82. The zero-order valence-electron chi connectivity index (χ0n) is 19.6. The number of benzene rings is 3. The van der Waals surface area contributed by atoms with Gasteiger partial charge in [0.05, 0.1) is 16.3 Å². The first-order valence-corrected chi connectivity index (χ1v) is 13.7. The number of aliphatic carboxylic acids is 1. The third-order valence-corrected chi connectivity index (χ3v) is 8.15. The lowest BCUT2D eigenvalue weighted by atomic mass is 10.1. The molecule has 0 aliphatic rings. The molecule has 13 heteroatoms. The SMILES string of the molecule is CC(c1ccccc1)S(=O)(=O)NC(=CC(=O)O)c1cccc(NS(=O)(=O)c2cccc(N=C(N)N)c2)c1. The number of nitrogens with two attached hydrogens (primary N) is 2. The lowest BCUT2D eigenvalue weighted by Gasteiger charge is -2.18. The Labute approximate surface area is 214 Å². The fourth-order valence-electron chi connectivity index (χ4n) is 3.27. The first-order valence-electron chi connectivity index (χ1n) is 10.7. The van der Waals surface area contributed by atoms with Crippen LogP contribution in [0.2, 0.25) is 0 Å². The van der Waals surface area contributed by atoms with Gasteiger partial charge in [0.1, 0.15) is 5.25 Å². The summed E-state index contributed by atoms with van der Waals surface area (Å²) in [5.74, 6) is -1.63. The summed E-state index contributed by atoms with van der Waals surface area (Å²) in [4.78, 5) is 15.2. The van der Waals surface area contributed by atoms with Gasteiger partial charge in [0.25, 0.3) is 10.0 Å². The van der Waals surface area contributed by atoms with Crippen molar-refractivity contribution in [3.05, 3.63) is 96.1 Å². The van der Waals surface area contributed by atoms with E-state index in [1.54, 1.807) is 30.3 Å². The van der Waals surface area contributed by atoms with E-state index in [4.69, 9.17) is 11.5 Å². The van der Waals surface area contributed by atoms with E-state index in [9.17, 15) is 26.7 Å². The number of carboxylic acids is 1. The molecule has 0 aromatic heterocycles. The highest BCUT2D eigenvalue weighted by Gasteiger charge is 2.24. The van der Waals surface area contributed by atoms with Crippen LogP contribution in [0.5, 0.6) is 0 Å². The molecule has 0 radical (unpaired) electrons. The third kappa shape index (κ3) is 7.32. The van der Waals surface area contributed by atoms with Crippen molar-refractivity contribution in [2.45, 2.75) is 17.1 Å². The number of nitrogens with one attached hydrogen (secondary N) is 2. The van der Waals surface area contributed by atoms with E-state index in [1.807, 2.05) is 0 Å². The Bertz CT molecular complexity index is 1570. The van der Waals surface area contributed by atoms with Crippen LogP contribution in [0, 0.1) is 0 Å². The van der Waals surface area contributed by atoms with Crippen molar-refractivity contribution in [1.29, 1.82) is 0 Å². The molecule has 0 saturated heterocycles. The van der Waals surface area contributed by atoms with Gasteiger partial charge >= 0.3 is 5.97 Å². The summed E-state index contributed by atoms with van der Waals surface area (Å²) < 4.78 is 56.6. The fraction of sp³-hybridized carbons (Fsp3) is 0.0833. The fourth-order valence-corrected chi connectivity index (χ4v) is 5.54. The summed E-state index contributed by atoms with van der Waals surface area (Å²) in [5.41, 5.74) is 11.4. The molecule has 0 saturated carbocycles. The summed E-state index contributed by atoms with van der Waals surface area (Å²) in [7, 11) is -8.16. The van der Waals surface area contributed by atoms with Crippen LogP contribution in [0.3, 0.4) is 0 Å². The molecule has 0 spiro atoms. The van der Waals surface area contributed by atoms with Crippen LogP contribution in [0.25, 0.3) is 5.70 Å². The first kappa shape index (κ1) is 27.2. The molecule has 1 unspecified atom stereocenters. The van der Waals surface area contributed by atoms with Crippen LogP contribution >= 0.6 is 0 Å². The number of sulfonamides is 2. The molecular weight excluding hydrogens is 518 g/mol. The molecule has 0 aliphatic carbocycles. The van der Waals surface area contributed by atoms with Crippen molar-refractivity contribution in [3.8, 4) is 0 Å². The number of carbonyl (C=O) groups is 1. The van der Waals surface area contributed by atoms with Crippen molar-refractivity contribution in [1.82, 2.24) is 4.72 Å². The van der Waals surface area contributed by atoms with Gasteiger partial charge in [0.15, 0.2) is 5.96 Å². The Balaban J connectivity index is 1.92. The number of hydrogen-bond acceptors (Lipinski definition) is 6. The van der Waals surface area contributed by atoms with Crippen LogP contribution in [-0.2, 0) is 24.8 Å². The van der Waals surface area contributed by atoms with Crippen LogP contribution < -0.4 is 20.9 Å². The molecule has 0 amide bonds. The average Bonchev–Trinajstić information content (AvgIpc) is 2.83. The second-order valence-corrected chi connectivity index (χ2v) is 11.5. The molecule has 1 atom stereocenters. The van der Waals surface area contributed by atoms with Crippen LogP contribution in [0.15, 0.2) is 94.8 Å². The van der Waals surface area contributed by atoms with Crippen LogP contribution in [0.1, 0.15) is 23.3 Å². The predicted octanol–water partition coefficient (Wildman–Crippen LogP) is 2.50. The highest BCUT2D eigenvalue weighted by atomic mass is 32.2. The van der Waals surface area contributed by atoms with Crippen molar-refractivity contribution in [2.24, 2.45) is 16.5 Å². The molecular formula is C24H25N5O6S2. The standard InChI is InChI=1S/C24H25N5O6S2/c1-16(17-7-3-2-4-8-17)36(32,33)29-22(15-23(30)31)18-9-5-11-20(13-18)28-37(34,35)21-12-6-10-19(14-21)27-24(25)26/h2-16,28-29H,1H3,(H,30,31)(H4,25,26,27). The summed E-state index contributed by atoms with van der Waals surface area (Å²) in [6, 6.07) is 19.6. The summed E-state index contributed by atoms with van der Waals surface area (Å²) >= 11 is 0. The van der Waals surface area contributed by atoms with Gasteiger partial charge < -0.3 is 16.6 Å². The minimum absolute atomic E-state index is 0.0661. The Hall–Kier alpha value is -4.36. The Kier molecular flexibility index (Phi) is 8.20. The van der Waals surface area contributed by atoms with Crippen molar-refractivity contribution >= 4 is 49.0 Å². The molecule has 0 fully saturated rings. The number of carboxylic acid groups (broad SMARTS) is 1. The highest BCUT2D eigenvalue weighted by Crippen LogP contribution is 2.26. The smallest absolute Gasteiger partial charge is 0.330 e. The molecule has 3 rings (SSSR count). The van der Waals surface area contributed by atoms with Crippen molar-refractivity contribution in [2.75, 3.05) is 4.72 Å². The minimum atomic E-state index is -4.10. The number of anilines is 1. The summed E-state index contributed by atoms with van der Waals surface area (Å²) in [5, 5.41) is 8.34. The van der Waals surface area contributed by atoms with E-state index in [0.717, 1.165) is 0 Å². The van der Waals surface area contributed by atoms with E-state index in [1.165, 1.54) is 55.5 Å². The Morgan fingerprint density at radius 3 is 2.27 bits per heavy atom. The van der Waals surface area contributed by atoms with E-state index in [-0.39, 0.29) is 33.5 Å². The van der Waals surface area contributed by atoms with Gasteiger partial charge in [-0.2, -0.15) is 0 Å². The predicted molar refractivity (Wildman–Crippen MR) is 142 cm³/mol. The Morgan fingerprint density at radius 2 is 1.62 bits per heavy atom. The normalized spacial score (nSPS) is 12.8. The van der Waals surface area contributed by atoms with Gasteiger partial charge in [-0.3, -0.25) is 9.44 Å². The molecule has 0 heterocycles. The Morgan fingerprint density at radius 1 is 0.946 bits per heavy atom. The molecule has 7 N–H and O–H groups in total. The van der Waals surface area contributed by atoms with Gasteiger partial charge in [-0.15, -0.1) is 0 Å². The van der Waals surface area contributed by atoms with E-state index in [2.05, 4.69) is 14.4 Å². The quantitative estimate of drug-likeness (QED) is 0.146. The monoisotopic (exact) mass is 543 g/mol. The van der Waals surface area contributed by atoms with Gasteiger partial charge in [0, 0.05) is 17.3 Å². The zero-order valence-corrected chi connectivity index (χ0v) is 21.2. The summed E-state index contributed by atoms with van der Waals surface area (Å²) in [6.45, 7) is 1.47. The number of aliphatic imine (C=N–C) groups is 1. The summed E-state index contributed by atoms with van der Waals surface area (Å²) in [6.07, 6.45) is 0.696. The number of rotatable bonds is 10. The number of hydrogen-bond donors (Lipinski definition) is 5. The maximum atomic E-state index is 13.0.